The Bertz CT molecular complexity index is 520. The van der Waals surface area contributed by atoms with Gasteiger partial charge in [-0.15, -0.1) is 0 Å². The van der Waals surface area contributed by atoms with Crippen LogP contribution in [-0.2, 0) is 6.54 Å². The van der Waals surface area contributed by atoms with E-state index in [2.05, 4.69) is 48.7 Å². The van der Waals surface area contributed by atoms with Crippen molar-refractivity contribution < 1.29 is 0 Å². The van der Waals surface area contributed by atoms with Gasteiger partial charge in [0.05, 0.1) is 5.54 Å². The summed E-state index contributed by atoms with van der Waals surface area (Å²) < 4.78 is 0. The molecule has 3 nitrogen and oxygen atoms in total. The van der Waals surface area contributed by atoms with Crippen LogP contribution in [0.5, 0.6) is 0 Å². The first kappa shape index (κ1) is 15.5. The summed E-state index contributed by atoms with van der Waals surface area (Å²) in [6, 6.07) is 8.79. The molecule has 120 valence electrons. The van der Waals surface area contributed by atoms with Crippen LogP contribution in [0, 0.1) is 12.8 Å². The fourth-order valence-corrected chi connectivity index (χ4v) is 3.88. The summed E-state index contributed by atoms with van der Waals surface area (Å²) >= 11 is 0. The number of aryl methyl sites for hydroxylation is 1. The van der Waals surface area contributed by atoms with Crippen molar-refractivity contribution in [3.63, 3.8) is 0 Å². The zero-order valence-electron chi connectivity index (χ0n) is 14.0. The van der Waals surface area contributed by atoms with Crippen molar-refractivity contribution in [1.82, 2.24) is 10.6 Å². The molecule has 3 rings (SSSR count). The third-order valence-corrected chi connectivity index (χ3v) is 5.10. The van der Waals surface area contributed by atoms with Crippen LogP contribution in [0.3, 0.4) is 0 Å². The Labute approximate surface area is 134 Å². The van der Waals surface area contributed by atoms with Crippen LogP contribution >= 0.6 is 0 Å². The molecule has 0 saturated heterocycles. The lowest BCUT2D eigenvalue weighted by Crippen LogP contribution is -2.58. The van der Waals surface area contributed by atoms with Gasteiger partial charge in [-0.05, 0) is 44.2 Å². The van der Waals surface area contributed by atoms with Crippen LogP contribution in [0.4, 0.5) is 0 Å². The van der Waals surface area contributed by atoms with Gasteiger partial charge in [-0.2, -0.15) is 0 Å². The smallest absolute Gasteiger partial charge is 0.117 e. The molecule has 0 radical (unpaired) electrons. The van der Waals surface area contributed by atoms with Gasteiger partial charge in [-0.25, -0.2) is 0 Å². The topological polar surface area (TPSA) is 36.4 Å². The van der Waals surface area contributed by atoms with Gasteiger partial charge < -0.3 is 10.6 Å². The van der Waals surface area contributed by atoms with E-state index in [1.54, 1.807) is 0 Å². The first-order chi connectivity index (χ1) is 10.7. The minimum atomic E-state index is 0.0961. The molecule has 1 aromatic carbocycles. The average molecular weight is 299 g/mol. The SMILES string of the molecule is Cc1ccc(CNC2=NCCCN[C@]23CCC[C@H](C)C3)cc1. The van der Waals surface area contributed by atoms with Crippen LogP contribution in [-0.4, -0.2) is 24.5 Å². The predicted molar refractivity (Wildman–Crippen MR) is 93.3 cm³/mol. The lowest BCUT2D eigenvalue weighted by Gasteiger charge is -2.41. The molecular formula is C19H29N3. The Morgan fingerprint density at radius 3 is 2.86 bits per heavy atom. The molecule has 1 aromatic rings. The van der Waals surface area contributed by atoms with E-state index in [9.17, 15) is 0 Å². The molecule has 1 saturated carbocycles. The van der Waals surface area contributed by atoms with E-state index in [1.807, 2.05) is 0 Å². The molecule has 22 heavy (non-hydrogen) atoms. The number of aliphatic imine (C=N–C) groups is 1. The lowest BCUT2D eigenvalue weighted by molar-refractivity contribution is 0.251. The summed E-state index contributed by atoms with van der Waals surface area (Å²) in [7, 11) is 0. The van der Waals surface area contributed by atoms with Gasteiger partial charge in [0, 0.05) is 13.1 Å². The second-order valence-electron chi connectivity index (χ2n) is 7.13. The highest BCUT2D eigenvalue weighted by atomic mass is 15.1. The van der Waals surface area contributed by atoms with Crippen LogP contribution in [0.2, 0.25) is 0 Å². The molecule has 0 bridgehead atoms. The monoisotopic (exact) mass is 299 g/mol. The summed E-state index contributed by atoms with van der Waals surface area (Å²) in [5, 5.41) is 7.50. The van der Waals surface area contributed by atoms with Crippen LogP contribution in [0.25, 0.3) is 0 Å². The largest absolute Gasteiger partial charge is 0.368 e. The van der Waals surface area contributed by atoms with Crippen LogP contribution < -0.4 is 10.6 Å². The van der Waals surface area contributed by atoms with Gasteiger partial charge in [0.2, 0.25) is 0 Å². The van der Waals surface area contributed by atoms with E-state index < -0.39 is 0 Å². The van der Waals surface area contributed by atoms with Gasteiger partial charge in [0.15, 0.2) is 0 Å². The number of nitrogens with one attached hydrogen (secondary N) is 2. The van der Waals surface area contributed by atoms with E-state index in [4.69, 9.17) is 4.99 Å². The summed E-state index contributed by atoms with van der Waals surface area (Å²) in [5.74, 6) is 1.99. The lowest BCUT2D eigenvalue weighted by atomic mass is 9.75. The minimum absolute atomic E-state index is 0.0961. The highest BCUT2D eigenvalue weighted by molar-refractivity contribution is 5.92. The minimum Gasteiger partial charge on any atom is -0.368 e. The van der Waals surface area contributed by atoms with Crippen molar-refractivity contribution in [3.05, 3.63) is 35.4 Å². The molecular weight excluding hydrogens is 270 g/mol. The zero-order chi connectivity index (χ0) is 15.4. The number of benzene rings is 1. The molecule has 1 aliphatic heterocycles. The maximum absolute atomic E-state index is 4.91. The molecule has 2 N–H and O–H groups in total. The summed E-state index contributed by atoms with van der Waals surface area (Å²) in [4.78, 5) is 4.91. The van der Waals surface area contributed by atoms with Crippen LogP contribution in [0.1, 0.15) is 50.2 Å². The molecule has 3 heteroatoms. The first-order valence-electron chi connectivity index (χ1n) is 8.77. The molecule has 0 aromatic heterocycles. The van der Waals surface area contributed by atoms with Gasteiger partial charge in [-0.1, -0.05) is 49.6 Å². The van der Waals surface area contributed by atoms with E-state index in [-0.39, 0.29) is 5.54 Å². The van der Waals surface area contributed by atoms with Crippen molar-refractivity contribution in [1.29, 1.82) is 0 Å². The molecule has 1 heterocycles. The second-order valence-corrected chi connectivity index (χ2v) is 7.13. The molecule has 0 amide bonds. The van der Waals surface area contributed by atoms with Crippen molar-refractivity contribution in [2.45, 2.75) is 58.0 Å². The normalized spacial score (nSPS) is 29.0. The zero-order valence-corrected chi connectivity index (χ0v) is 14.0. The van der Waals surface area contributed by atoms with E-state index >= 15 is 0 Å². The molecule has 1 spiro atoms. The van der Waals surface area contributed by atoms with E-state index in [1.165, 1.54) is 42.6 Å². The number of nitrogens with zero attached hydrogens (tertiary/aromatic N) is 1. The number of hydrogen-bond donors (Lipinski definition) is 2. The number of rotatable bonds is 2. The molecule has 1 fully saturated rings. The second kappa shape index (κ2) is 6.82. The summed E-state index contributed by atoms with van der Waals surface area (Å²) in [6.45, 7) is 7.42. The van der Waals surface area contributed by atoms with E-state index in [0.717, 1.165) is 32.0 Å². The first-order valence-corrected chi connectivity index (χ1v) is 8.77. The molecule has 2 aliphatic rings. The number of amidine groups is 1. The highest BCUT2D eigenvalue weighted by Crippen LogP contribution is 2.33. The summed E-state index contributed by atoms with van der Waals surface area (Å²) in [6.07, 6.45) is 6.24. The fraction of sp³-hybridized carbons (Fsp3) is 0.632. The average Bonchev–Trinajstić information content (AvgIpc) is 2.69. The predicted octanol–water partition coefficient (Wildman–Crippen LogP) is 3.43. The van der Waals surface area contributed by atoms with Crippen molar-refractivity contribution in [2.24, 2.45) is 10.9 Å². The fourth-order valence-electron chi connectivity index (χ4n) is 3.88. The maximum atomic E-state index is 4.91. The highest BCUT2D eigenvalue weighted by Gasteiger charge is 2.39. The third-order valence-electron chi connectivity index (χ3n) is 5.10. The number of hydrogen-bond acceptors (Lipinski definition) is 3. The Balaban J connectivity index is 1.73. The van der Waals surface area contributed by atoms with Crippen molar-refractivity contribution >= 4 is 5.84 Å². The van der Waals surface area contributed by atoms with Crippen molar-refractivity contribution in [3.8, 4) is 0 Å². The van der Waals surface area contributed by atoms with Gasteiger partial charge >= 0.3 is 0 Å². The molecule has 1 aliphatic carbocycles. The Kier molecular flexibility index (Phi) is 4.82. The Morgan fingerprint density at radius 1 is 1.27 bits per heavy atom. The van der Waals surface area contributed by atoms with Crippen molar-refractivity contribution in [2.75, 3.05) is 13.1 Å². The van der Waals surface area contributed by atoms with Gasteiger partial charge in [0.1, 0.15) is 5.84 Å². The Hall–Kier alpha value is -1.35. The van der Waals surface area contributed by atoms with Gasteiger partial charge in [0.25, 0.3) is 0 Å². The standard InChI is InChI=1S/C19H29N3/c1-15-6-8-17(9-7-15)14-21-18-19(22-12-4-11-20-18)10-3-5-16(2)13-19/h6-9,16,22H,3-5,10-14H2,1-2H3,(H,20,21)/t16-,19-/m0/s1. The third kappa shape index (κ3) is 3.52. The molecule has 0 unspecified atom stereocenters. The Morgan fingerprint density at radius 2 is 2.09 bits per heavy atom. The summed E-state index contributed by atoms with van der Waals surface area (Å²) in [5.41, 5.74) is 2.74. The molecule has 2 atom stereocenters. The van der Waals surface area contributed by atoms with E-state index in [0.29, 0.717) is 0 Å². The van der Waals surface area contributed by atoms with Crippen LogP contribution in [0.15, 0.2) is 29.3 Å². The quantitative estimate of drug-likeness (QED) is 0.878. The van der Waals surface area contributed by atoms with Gasteiger partial charge in [-0.3, -0.25) is 4.99 Å². The maximum Gasteiger partial charge on any atom is 0.117 e.